The second-order valence-corrected chi connectivity index (χ2v) is 18.4. The van der Waals surface area contributed by atoms with Crippen molar-refractivity contribution in [3.63, 3.8) is 0 Å². The van der Waals surface area contributed by atoms with Gasteiger partial charge in [-0.3, -0.25) is 0 Å². The lowest BCUT2D eigenvalue weighted by Crippen LogP contribution is -2.35. The van der Waals surface area contributed by atoms with Gasteiger partial charge in [0.2, 0.25) is 5.90 Å². The van der Waals surface area contributed by atoms with Crippen LogP contribution in [-0.4, -0.2) is 5.90 Å². The van der Waals surface area contributed by atoms with Gasteiger partial charge in [0.25, 0.3) is 0 Å². The maximum Gasteiger partial charge on any atom is 0.222 e. The molecule has 8 aliphatic rings. The molecule has 1 spiro atoms. The first-order chi connectivity index (χ1) is 28.5. The Bertz CT molecular complexity index is 2670. The molecule has 2 fully saturated rings. The molecule has 3 heteroatoms. The molecule has 0 bridgehead atoms. The summed E-state index contributed by atoms with van der Waals surface area (Å²) in [4.78, 5) is 5.25. The average molecular weight is 755 g/mol. The Labute approximate surface area is 343 Å². The summed E-state index contributed by atoms with van der Waals surface area (Å²) in [6.07, 6.45) is 29.2. The van der Waals surface area contributed by atoms with Crippen molar-refractivity contribution >= 4 is 11.5 Å². The van der Waals surface area contributed by atoms with E-state index in [9.17, 15) is 0 Å². The van der Waals surface area contributed by atoms with Gasteiger partial charge in [0.1, 0.15) is 11.9 Å². The molecule has 2 heterocycles. The molecule has 4 aromatic carbocycles. The van der Waals surface area contributed by atoms with E-state index in [1.165, 1.54) is 87.9 Å². The van der Waals surface area contributed by atoms with E-state index in [1.807, 2.05) is 0 Å². The second kappa shape index (κ2) is 12.9. The predicted octanol–water partition coefficient (Wildman–Crippen LogP) is 13.1. The lowest BCUT2D eigenvalue weighted by atomic mass is 9.62. The van der Waals surface area contributed by atoms with Gasteiger partial charge in [0, 0.05) is 33.9 Å². The van der Waals surface area contributed by atoms with E-state index in [2.05, 4.69) is 165 Å². The number of hydrogen-bond donors (Lipinski definition) is 1. The number of aliphatic imine (C=N–C) groups is 1. The van der Waals surface area contributed by atoms with E-state index in [-0.39, 0.29) is 28.8 Å². The summed E-state index contributed by atoms with van der Waals surface area (Å²) < 4.78 is 6.49. The van der Waals surface area contributed by atoms with Crippen LogP contribution in [0.1, 0.15) is 98.7 Å². The van der Waals surface area contributed by atoms with Crippen molar-refractivity contribution in [3.8, 4) is 22.3 Å². The van der Waals surface area contributed by atoms with E-state index in [1.54, 1.807) is 11.1 Å². The molecule has 2 aliphatic heterocycles. The molecule has 6 aliphatic carbocycles. The SMILES string of the molecule is CC1(C)C2=CC3c4ccccc4C4(CCCCC4)C3C=C2c2c(-c3cccc(-c4cccc(C5N=C6OC7=CC=CCC7C6=C(C6C=CC=CC6)N5)c4)c3)cccc21. The van der Waals surface area contributed by atoms with Crippen LogP contribution < -0.4 is 5.32 Å². The van der Waals surface area contributed by atoms with Crippen molar-refractivity contribution in [2.45, 2.75) is 81.7 Å². The Morgan fingerprint density at radius 1 is 0.741 bits per heavy atom. The highest BCUT2D eigenvalue weighted by Gasteiger charge is 2.54. The topological polar surface area (TPSA) is 33.6 Å². The monoisotopic (exact) mass is 754 g/mol. The second-order valence-electron chi connectivity index (χ2n) is 18.4. The number of nitrogens with one attached hydrogen (secondary N) is 1. The first kappa shape index (κ1) is 34.4. The first-order valence-electron chi connectivity index (χ1n) is 21.8. The standard InChI is InChI=1S/C55H50N2O/c1-54(2)45-26-15-24-39(49(45)43-33-47-42(32-46(43)54)40-22-7-9-25-44(40)55(47)28-11-4-12-29-55)37-20-13-18-35(30-37)36-19-14-21-38(31-36)52-56-51(34-16-5-3-6-17-34)50-41-23-8-10-27-48(41)58-53(50)57-52/h3,5-10,13-16,18-22,24-27,30-34,41-42,47,52,56H,4,11-12,17,23,28-29H2,1-2H3. The molecule has 1 saturated carbocycles. The molecule has 1 N–H and O–H groups in total. The number of benzene rings is 4. The fraction of sp³-hybridized carbons (Fsp3) is 0.291. The molecule has 0 aromatic heterocycles. The Balaban J connectivity index is 0.913. The van der Waals surface area contributed by atoms with Gasteiger partial charge in [0.15, 0.2) is 0 Å². The Hall–Kier alpha value is -5.67. The van der Waals surface area contributed by atoms with Gasteiger partial charge >= 0.3 is 0 Å². The molecular formula is C55H50N2O. The summed E-state index contributed by atoms with van der Waals surface area (Å²) in [6.45, 7) is 4.90. The van der Waals surface area contributed by atoms with Gasteiger partial charge in [-0.15, -0.1) is 0 Å². The van der Waals surface area contributed by atoms with E-state index in [0.717, 1.165) is 30.1 Å². The molecule has 12 rings (SSSR count). The van der Waals surface area contributed by atoms with Gasteiger partial charge in [-0.2, -0.15) is 0 Å². The summed E-state index contributed by atoms with van der Waals surface area (Å²) in [5, 5.41) is 3.93. The lowest BCUT2D eigenvalue weighted by molar-refractivity contribution is 0.233. The molecule has 5 atom stereocenters. The largest absolute Gasteiger partial charge is 0.443 e. The molecule has 58 heavy (non-hydrogen) atoms. The molecule has 0 radical (unpaired) electrons. The summed E-state index contributed by atoms with van der Waals surface area (Å²) in [7, 11) is 0. The molecule has 1 saturated heterocycles. The zero-order chi connectivity index (χ0) is 38.6. The highest BCUT2D eigenvalue weighted by Crippen LogP contribution is 2.64. The number of nitrogens with zero attached hydrogens (tertiary/aromatic N) is 1. The van der Waals surface area contributed by atoms with Crippen molar-refractivity contribution in [3.05, 3.63) is 196 Å². The third-order valence-corrected chi connectivity index (χ3v) is 15.1. The van der Waals surface area contributed by atoms with E-state index in [4.69, 9.17) is 9.73 Å². The van der Waals surface area contributed by atoms with Crippen LogP contribution in [0.5, 0.6) is 0 Å². The minimum absolute atomic E-state index is 0.0649. The van der Waals surface area contributed by atoms with Gasteiger partial charge in [-0.25, -0.2) is 4.99 Å². The van der Waals surface area contributed by atoms with Gasteiger partial charge < -0.3 is 10.1 Å². The van der Waals surface area contributed by atoms with E-state index < -0.39 is 0 Å². The minimum Gasteiger partial charge on any atom is -0.443 e. The van der Waals surface area contributed by atoms with Crippen molar-refractivity contribution < 1.29 is 4.74 Å². The number of rotatable bonds is 4. The van der Waals surface area contributed by atoms with Crippen LogP contribution in [0.2, 0.25) is 0 Å². The molecule has 4 aromatic rings. The maximum atomic E-state index is 6.49. The summed E-state index contributed by atoms with van der Waals surface area (Å²) >= 11 is 0. The number of fused-ring (bicyclic) bond motifs is 11. The van der Waals surface area contributed by atoms with Crippen molar-refractivity contribution in [1.29, 1.82) is 0 Å². The molecule has 0 amide bonds. The third kappa shape index (κ3) is 5.01. The normalized spacial score (nSPS) is 27.5. The molecule has 286 valence electrons. The Morgan fingerprint density at radius 2 is 1.53 bits per heavy atom. The highest BCUT2D eigenvalue weighted by molar-refractivity contribution is 6.00. The van der Waals surface area contributed by atoms with Gasteiger partial charge in [-0.1, -0.05) is 161 Å². The number of allylic oxidation sites excluding steroid dienone is 12. The zero-order valence-corrected chi connectivity index (χ0v) is 33.5. The van der Waals surface area contributed by atoms with Crippen molar-refractivity contribution in [2.75, 3.05) is 0 Å². The van der Waals surface area contributed by atoms with Crippen molar-refractivity contribution in [2.24, 2.45) is 22.7 Å². The van der Waals surface area contributed by atoms with Crippen LogP contribution in [0, 0.1) is 17.8 Å². The summed E-state index contributed by atoms with van der Waals surface area (Å²) in [5.74, 6) is 3.26. The molecular weight excluding hydrogens is 705 g/mol. The summed E-state index contributed by atoms with van der Waals surface area (Å²) in [5.41, 5.74) is 17.9. The minimum atomic E-state index is -0.231. The average Bonchev–Trinajstić information content (AvgIpc) is 3.86. The van der Waals surface area contributed by atoms with Crippen LogP contribution >= 0.6 is 0 Å². The van der Waals surface area contributed by atoms with Gasteiger partial charge in [-0.05, 0) is 111 Å². The van der Waals surface area contributed by atoms with Crippen LogP contribution in [0.15, 0.2) is 173 Å². The van der Waals surface area contributed by atoms with E-state index in [0.29, 0.717) is 11.8 Å². The van der Waals surface area contributed by atoms with Crippen LogP contribution in [0.3, 0.4) is 0 Å². The van der Waals surface area contributed by atoms with Crippen molar-refractivity contribution in [1.82, 2.24) is 5.32 Å². The van der Waals surface area contributed by atoms with E-state index >= 15 is 0 Å². The predicted molar refractivity (Wildman–Crippen MR) is 237 cm³/mol. The fourth-order valence-electron chi connectivity index (χ4n) is 12.3. The maximum absolute atomic E-state index is 6.49. The zero-order valence-electron chi connectivity index (χ0n) is 33.5. The van der Waals surface area contributed by atoms with Crippen LogP contribution in [0.25, 0.3) is 27.8 Å². The molecule has 5 unspecified atom stereocenters. The van der Waals surface area contributed by atoms with Gasteiger partial charge in [0.05, 0.1) is 5.92 Å². The number of hydrogen-bond acceptors (Lipinski definition) is 3. The number of ether oxygens (including phenoxy) is 1. The quantitative estimate of drug-likeness (QED) is 0.225. The first-order valence-corrected chi connectivity index (χ1v) is 21.8. The summed E-state index contributed by atoms with van der Waals surface area (Å²) in [6, 6.07) is 34.7. The third-order valence-electron chi connectivity index (χ3n) is 15.1. The lowest BCUT2D eigenvalue weighted by Gasteiger charge is -2.42. The highest BCUT2D eigenvalue weighted by atomic mass is 16.5. The fourth-order valence-corrected chi connectivity index (χ4v) is 12.3. The Kier molecular flexibility index (Phi) is 7.66. The van der Waals surface area contributed by atoms with Crippen LogP contribution in [0.4, 0.5) is 0 Å². The smallest absolute Gasteiger partial charge is 0.222 e. The Morgan fingerprint density at radius 3 is 2.41 bits per heavy atom. The molecule has 3 nitrogen and oxygen atoms in total. The van der Waals surface area contributed by atoms with Crippen LogP contribution in [-0.2, 0) is 15.6 Å².